The Morgan fingerprint density at radius 1 is 1.33 bits per heavy atom. The zero-order chi connectivity index (χ0) is 11.6. The summed E-state index contributed by atoms with van der Waals surface area (Å²) in [5.74, 6) is -0.483. The summed E-state index contributed by atoms with van der Waals surface area (Å²) < 4.78 is 13.3. The average molecular weight is 250 g/mol. The number of nitrogens with two attached hydrogens (primary N) is 1. The number of hydrogen-bond donors (Lipinski definition) is 1. The second-order valence-electron chi connectivity index (χ2n) is 3.91. The fourth-order valence-electron chi connectivity index (χ4n) is 1.61. The van der Waals surface area contributed by atoms with Crippen LogP contribution in [0, 0.1) is 5.82 Å². The van der Waals surface area contributed by atoms with E-state index in [1.807, 2.05) is 13.8 Å². The minimum atomic E-state index is -0.614. The van der Waals surface area contributed by atoms with Gasteiger partial charge in [0.25, 0.3) is 0 Å². The summed E-state index contributed by atoms with van der Waals surface area (Å²) in [6.45, 7) is 3.86. The minimum absolute atomic E-state index is 0.0241. The van der Waals surface area contributed by atoms with Gasteiger partial charge in [-0.2, -0.15) is 0 Å². The van der Waals surface area contributed by atoms with E-state index in [1.54, 1.807) is 0 Å². The summed E-state index contributed by atoms with van der Waals surface area (Å²) in [4.78, 5) is 0. The topological polar surface area (TPSA) is 26.0 Å². The molecule has 4 heteroatoms. The van der Waals surface area contributed by atoms with E-state index >= 15 is 0 Å². The van der Waals surface area contributed by atoms with E-state index in [1.165, 1.54) is 12.1 Å². The molecule has 0 aliphatic rings. The van der Waals surface area contributed by atoms with Crippen LogP contribution in [0.1, 0.15) is 32.3 Å². The summed E-state index contributed by atoms with van der Waals surface area (Å²) in [7, 11) is 0. The molecule has 0 amide bonds. The van der Waals surface area contributed by atoms with Crippen molar-refractivity contribution in [3.05, 3.63) is 33.6 Å². The standard InChI is InChI=1S/C11H14Cl2FN/c1-3-4-11(2,15)7-5-10(14)9(13)6-8(7)12/h5-6H,3-4,15H2,1-2H3. The minimum Gasteiger partial charge on any atom is -0.322 e. The van der Waals surface area contributed by atoms with Crippen molar-refractivity contribution < 1.29 is 4.39 Å². The lowest BCUT2D eigenvalue weighted by Crippen LogP contribution is -2.33. The van der Waals surface area contributed by atoms with E-state index < -0.39 is 11.4 Å². The highest BCUT2D eigenvalue weighted by atomic mass is 35.5. The Labute approximate surface area is 99.4 Å². The van der Waals surface area contributed by atoms with Crippen LogP contribution in [-0.4, -0.2) is 0 Å². The summed E-state index contributed by atoms with van der Waals surface area (Å²) in [6.07, 6.45) is 1.65. The van der Waals surface area contributed by atoms with Gasteiger partial charge in [-0.1, -0.05) is 36.5 Å². The van der Waals surface area contributed by atoms with Crippen molar-refractivity contribution in [1.82, 2.24) is 0 Å². The molecule has 1 aromatic rings. The lowest BCUT2D eigenvalue weighted by molar-refractivity contribution is 0.444. The Morgan fingerprint density at radius 3 is 2.47 bits per heavy atom. The van der Waals surface area contributed by atoms with Gasteiger partial charge in [0.05, 0.1) is 5.02 Å². The molecule has 0 bridgehead atoms. The van der Waals surface area contributed by atoms with Crippen LogP contribution >= 0.6 is 23.2 Å². The van der Waals surface area contributed by atoms with Crippen LogP contribution in [0.4, 0.5) is 4.39 Å². The molecule has 0 spiro atoms. The first-order valence-corrected chi connectivity index (χ1v) is 5.58. The first kappa shape index (κ1) is 12.8. The molecule has 15 heavy (non-hydrogen) atoms. The molecule has 0 saturated heterocycles. The first-order chi connectivity index (χ1) is 6.88. The van der Waals surface area contributed by atoms with E-state index in [0.717, 1.165) is 12.8 Å². The second-order valence-corrected chi connectivity index (χ2v) is 4.73. The molecule has 1 aromatic carbocycles. The van der Waals surface area contributed by atoms with Gasteiger partial charge in [-0.15, -0.1) is 0 Å². The molecule has 0 aromatic heterocycles. The molecule has 0 aliphatic heterocycles. The maximum atomic E-state index is 13.3. The van der Waals surface area contributed by atoms with Crippen LogP contribution in [0.3, 0.4) is 0 Å². The molecule has 0 saturated carbocycles. The lowest BCUT2D eigenvalue weighted by atomic mass is 9.88. The summed E-state index contributed by atoms with van der Waals surface area (Å²) in [5, 5.41) is 0.441. The van der Waals surface area contributed by atoms with Gasteiger partial charge in [0, 0.05) is 10.6 Å². The molecule has 0 heterocycles. The normalized spacial score (nSPS) is 15.1. The Morgan fingerprint density at radius 2 is 1.93 bits per heavy atom. The van der Waals surface area contributed by atoms with Gasteiger partial charge in [-0.05, 0) is 31.0 Å². The van der Waals surface area contributed by atoms with Crippen LogP contribution in [0.5, 0.6) is 0 Å². The molecule has 84 valence electrons. The molecule has 0 radical (unpaired) electrons. The van der Waals surface area contributed by atoms with Crippen LogP contribution in [0.2, 0.25) is 10.0 Å². The number of benzene rings is 1. The lowest BCUT2D eigenvalue weighted by Gasteiger charge is -2.26. The second kappa shape index (κ2) is 4.69. The highest BCUT2D eigenvalue weighted by molar-refractivity contribution is 6.35. The van der Waals surface area contributed by atoms with Crippen LogP contribution in [-0.2, 0) is 5.54 Å². The quantitative estimate of drug-likeness (QED) is 0.803. The Hall–Kier alpha value is -0.310. The smallest absolute Gasteiger partial charge is 0.142 e. The molecule has 1 nitrogen and oxygen atoms in total. The molecule has 0 fully saturated rings. The summed E-state index contributed by atoms with van der Waals surface area (Å²) >= 11 is 11.6. The SMILES string of the molecule is CCCC(C)(N)c1cc(F)c(Cl)cc1Cl. The average Bonchev–Trinajstić information content (AvgIpc) is 2.11. The van der Waals surface area contributed by atoms with Gasteiger partial charge in [0.1, 0.15) is 5.82 Å². The number of rotatable bonds is 3. The van der Waals surface area contributed by atoms with Gasteiger partial charge >= 0.3 is 0 Å². The third-order valence-corrected chi connectivity index (χ3v) is 3.00. The summed E-state index contributed by atoms with van der Waals surface area (Å²) in [5.41, 5.74) is 6.06. The van der Waals surface area contributed by atoms with Crippen molar-refractivity contribution in [2.75, 3.05) is 0 Å². The fourth-order valence-corrected chi connectivity index (χ4v) is 2.21. The van der Waals surface area contributed by atoms with Crippen molar-refractivity contribution in [3.63, 3.8) is 0 Å². The maximum absolute atomic E-state index is 13.3. The molecular formula is C11H14Cl2FN. The Kier molecular flexibility index (Phi) is 3.99. The van der Waals surface area contributed by atoms with Crippen molar-refractivity contribution in [1.29, 1.82) is 0 Å². The summed E-state index contributed by atoms with van der Waals surface area (Å²) in [6, 6.07) is 2.72. The van der Waals surface area contributed by atoms with E-state index in [4.69, 9.17) is 28.9 Å². The first-order valence-electron chi connectivity index (χ1n) is 4.82. The van der Waals surface area contributed by atoms with E-state index in [0.29, 0.717) is 10.6 Å². The highest BCUT2D eigenvalue weighted by Gasteiger charge is 2.24. The van der Waals surface area contributed by atoms with E-state index in [2.05, 4.69) is 0 Å². The third-order valence-electron chi connectivity index (χ3n) is 2.39. The zero-order valence-corrected chi connectivity index (χ0v) is 10.3. The fraction of sp³-hybridized carbons (Fsp3) is 0.455. The van der Waals surface area contributed by atoms with E-state index in [-0.39, 0.29) is 5.02 Å². The van der Waals surface area contributed by atoms with Crippen molar-refractivity contribution in [3.8, 4) is 0 Å². The molecule has 1 rings (SSSR count). The molecule has 2 N–H and O–H groups in total. The van der Waals surface area contributed by atoms with Crippen LogP contribution < -0.4 is 5.73 Å². The van der Waals surface area contributed by atoms with Crippen molar-refractivity contribution >= 4 is 23.2 Å². The van der Waals surface area contributed by atoms with Crippen LogP contribution in [0.15, 0.2) is 12.1 Å². The molecule has 1 unspecified atom stereocenters. The highest BCUT2D eigenvalue weighted by Crippen LogP contribution is 2.33. The van der Waals surface area contributed by atoms with Gasteiger partial charge in [0.15, 0.2) is 0 Å². The number of halogens is 3. The van der Waals surface area contributed by atoms with Crippen molar-refractivity contribution in [2.45, 2.75) is 32.2 Å². The third kappa shape index (κ3) is 2.83. The predicted octanol–water partition coefficient (Wildman–Crippen LogP) is 4.11. The van der Waals surface area contributed by atoms with E-state index in [9.17, 15) is 4.39 Å². The van der Waals surface area contributed by atoms with Crippen molar-refractivity contribution in [2.24, 2.45) is 5.73 Å². The van der Waals surface area contributed by atoms with Gasteiger partial charge in [-0.25, -0.2) is 4.39 Å². The largest absolute Gasteiger partial charge is 0.322 e. The predicted molar refractivity (Wildman–Crippen MR) is 62.9 cm³/mol. The van der Waals surface area contributed by atoms with Gasteiger partial charge in [-0.3, -0.25) is 0 Å². The number of hydrogen-bond acceptors (Lipinski definition) is 1. The van der Waals surface area contributed by atoms with Crippen LogP contribution in [0.25, 0.3) is 0 Å². The van der Waals surface area contributed by atoms with Gasteiger partial charge in [0.2, 0.25) is 0 Å². The molecule has 1 atom stereocenters. The monoisotopic (exact) mass is 249 g/mol. The Bertz CT molecular complexity index is 364. The Balaban J connectivity index is 3.19. The molecular weight excluding hydrogens is 236 g/mol. The van der Waals surface area contributed by atoms with Gasteiger partial charge < -0.3 is 5.73 Å². The zero-order valence-electron chi connectivity index (χ0n) is 8.78. The molecule has 0 aliphatic carbocycles. The maximum Gasteiger partial charge on any atom is 0.142 e.